The van der Waals surface area contributed by atoms with Gasteiger partial charge >= 0.3 is 6.03 Å². The first-order valence-electron chi connectivity index (χ1n) is 7.97. The number of benzene rings is 1. The first kappa shape index (κ1) is 16.3. The number of urea groups is 1. The molecule has 0 spiro atoms. The van der Waals surface area contributed by atoms with Gasteiger partial charge < -0.3 is 15.1 Å². The Morgan fingerprint density at radius 2 is 2.18 bits per heavy atom. The Bertz CT molecular complexity index is 542. The lowest BCUT2D eigenvalue weighted by atomic mass is 10.0. The number of hydrogen-bond acceptors (Lipinski definition) is 3. The molecule has 1 aromatic carbocycles. The zero-order valence-electron chi connectivity index (χ0n) is 13.6. The highest BCUT2D eigenvalue weighted by Crippen LogP contribution is 2.20. The average molecular weight is 303 g/mol. The first-order valence-corrected chi connectivity index (χ1v) is 7.97. The van der Waals surface area contributed by atoms with E-state index in [0.29, 0.717) is 13.1 Å². The largest absolute Gasteiger partial charge is 0.390 e. The molecule has 0 fully saturated rings. The van der Waals surface area contributed by atoms with Gasteiger partial charge in [-0.25, -0.2) is 4.79 Å². The molecule has 2 amide bonds. The van der Waals surface area contributed by atoms with Crippen molar-refractivity contribution in [2.75, 3.05) is 19.6 Å². The summed E-state index contributed by atoms with van der Waals surface area (Å²) in [4.78, 5) is 19.4. The van der Waals surface area contributed by atoms with Gasteiger partial charge in [0.05, 0.1) is 12.3 Å². The first-order chi connectivity index (χ1) is 10.7. The molecular weight excluding hydrogens is 278 g/mol. The van der Waals surface area contributed by atoms with E-state index in [0.717, 1.165) is 30.7 Å². The van der Waals surface area contributed by atoms with Gasteiger partial charge in [-0.2, -0.15) is 0 Å². The van der Waals surface area contributed by atoms with Crippen LogP contribution in [-0.2, 0) is 4.84 Å². The van der Waals surface area contributed by atoms with Crippen molar-refractivity contribution in [2.45, 2.75) is 39.7 Å². The normalized spacial score (nSPS) is 16.9. The molecule has 0 saturated carbocycles. The maximum atomic E-state index is 12.0. The molecule has 1 aromatic rings. The van der Waals surface area contributed by atoms with Crippen LogP contribution in [0.1, 0.15) is 37.8 Å². The van der Waals surface area contributed by atoms with Crippen LogP contribution < -0.4 is 5.32 Å². The van der Waals surface area contributed by atoms with Crippen molar-refractivity contribution in [1.29, 1.82) is 0 Å². The summed E-state index contributed by atoms with van der Waals surface area (Å²) in [5.74, 6) is 0. The van der Waals surface area contributed by atoms with Crippen LogP contribution in [0.15, 0.2) is 29.4 Å². The SMILES string of the molecule is CCCN(C[C@H]1CC(c2ccccc2C)=NO1)C(=O)NCC. The van der Waals surface area contributed by atoms with Crippen LogP contribution in [0, 0.1) is 6.92 Å². The third-order valence-electron chi connectivity index (χ3n) is 3.72. The molecule has 1 atom stereocenters. The highest BCUT2D eigenvalue weighted by atomic mass is 16.6. The second-order valence-corrected chi connectivity index (χ2v) is 5.57. The molecular formula is C17H25N3O2. The third-order valence-corrected chi connectivity index (χ3v) is 3.72. The summed E-state index contributed by atoms with van der Waals surface area (Å²) in [7, 11) is 0. The summed E-state index contributed by atoms with van der Waals surface area (Å²) in [5, 5.41) is 7.08. The number of rotatable bonds is 6. The number of nitrogens with zero attached hydrogens (tertiary/aromatic N) is 2. The Morgan fingerprint density at radius 3 is 2.86 bits per heavy atom. The van der Waals surface area contributed by atoms with Crippen molar-refractivity contribution in [2.24, 2.45) is 5.16 Å². The van der Waals surface area contributed by atoms with Gasteiger partial charge in [-0.1, -0.05) is 36.3 Å². The van der Waals surface area contributed by atoms with Crippen molar-refractivity contribution in [3.05, 3.63) is 35.4 Å². The highest BCUT2D eigenvalue weighted by molar-refractivity contribution is 6.02. The second-order valence-electron chi connectivity index (χ2n) is 5.57. The molecule has 22 heavy (non-hydrogen) atoms. The van der Waals surface area contributed by atoms with E-state index in [1.165, 1.54) is 5.56 Å². The molecule has 0 saturated heterocycles. The van der Waals surface area contributed by atoms with E-state index in [1.807, 2.05) is 24.0 Å². The number of nitrogens with one attached hydrogen (secondary N) is 1. The summed E-state index contributed by atoms with van der Waals surface area (Å²) in [5.41, 5.74) is 3.29. The Balaban J connectivity index is 1.96. The van der Waals surface area contributed by atoms with Crippen LogP contribution in [0.5, 0.6) is 0 Å². The van der Waals surface area contributed by atoms with Gasteiger partial charge in [0, 0.05) is 25.1 Å². The monoisotopic (exact) mass is 303 g/mol. The Kier molecular flexibility index (Phi) is 5.81. The van der Waals surface area contributed by atoms with Crippen molar-refractivity contribution < 1.29 is 9.63 Å². The fraction of sp³-hybridized carbons (Fsp3) is 0.529. The molecule has 1 aliphatic heterocycles. The zero-order chi connectivity index (χ0) is 15.9. The summed E-state index contributed by atoms with van der Waals surface area (Å²) in [6, 6.07) is 8.13. The molecule has 5 heteroatoms. The maximum Gasteiger partial charge on any atom is 0.317 e. The number of hydrogen-bond donors (Lipinski definition) is 1. The molecule has 1 heterocycles. The van der Waals surface area contributed by atoms with Gasteiger partial charge in [-0.15, -0.1) is 0 Å². The van der Waals surface area contributed by atoms with Crippen LogP contribution in [0.2, 0.25) is 0 Å². The zero-order valence-corrected chi connectivity index (χ0v) is 13.6. The minimum absolute atomic E-state index is 0.0303. The third kappa shape index (κ3) is 4.00. The Labute approximate surface area is 132 Å². The number of amides is 2. The van der Waals surface area contributed by atoms with Crippen molar-refractivity contribution >= 4 is 11.7 Å². The van der Waals surface area contributed by atoms with E-state index >= 15 is 0 Å². The second kappa shape index (κ2) is 7.82. The van der Waals surface area contributed by atoms with Crippen LogP contribution >= 0.6 is 0 Å². The summed E-state index contributed by atoms with van der Waals surface area (Å²) in [6.07, 6.45) is 1.60. The number of carbonyl (C=O) groups excluding carboxylic acids is 1. The molecule has 120 valence electrons. The molecule has 0 aromatic heterocycles. The summed E-state index contributed by atoms with van der Waals surface area (Å²) >= 11 is 0. The standard InChI is InChI=1S/C17H25N3O2/c1-4-10-20(17(21)18-5-2)12-14-11-16(19-22-14)15-9-7-6-8-13(15)3/h6-9,14H,4-5,10-12H2,1-3H3,(H,18,21)/t14-/m1/s1. The van der Waals surface area contributed by atoms with E-state index in [-0.39, 0.29) is 12.1 Å². The van der Waals surface area contributed by atoms with Gasteiger partial charge in [0.1, 0.15) is 0 Å². The van der Waals surface area contributed by atoms with Crippen molar-refractivity contribution in [1.82, 2.24) is 10.2 Å². The quantitative estimate of drug-likeness (QED) is 0.878. The molecule has 0 aliphatic carbocycles. The average Bonchev–Trinajstić information content (AvgIpc) is 2.96. The molecule has 1 N–H and O–H groups in total. The molecule has 5 nitrogen and oxygen atoms in total. The van der Waals surface area contributed by atoms with E-state index in [1.54, 1.807) is 0 Å². The van der Waals surface area contributed by atoms with Gasteiger partial charge in [0.2, 0.25) is 0 Å². The lowest BCUT2D eigenvalue weighted by molar-refractivity contribution is 0.0606. The maximum absolute atomic E-state index is 12.0. The van der Waals surface area contributed by atoms with Gasteiger partial charge in [-0.3, -0.25) is 0 Å². The smallest absolute Gasteiger partial charge is 0.317 e. The molecule has 0 unspecified atom stereocenters. The van der Waals surface area contributed by atoms with E-state index in [2.05, 4.69) is 36.5 Å². The molecule has 1 aliphatic rings. The van der Waals surface area contributed by atoms with Crippen LogP contribution in [0.25, 0.3) is 0 Å². The van der Waals surface area contributed by atoms with E-state index in [4.69, 9.17) is 4.84 Å². The van der Waals surface area contributed by atoms with Gasteiger partial charge in [-0.05, 0) is 25.8 Å². The topological polar surface area (TPSA) is 53.9 Å². The molecule has 0 bridgehead atoms. The van der Waals surface area contributed by atoms with Crippen LogP contribution in [-0.4, -0.2) is 42.4 Å². The number of aryl methyl sites for hydroxylation is 1. The van der Waals surface area contributed by atoms with Gasteiger partial charge in [0.25, 0.3) is 0 Å². The highest BCUT2D eigenvalue weighted by Gasteiger charge is 2.26. The van der Waals surface area contributed by atoms with Crippen molar-refractivity contribution in [3.63, 3.8) is 0 Å². The minimum Gasteiger partial charge on any atom is -0.390 e. The predicted octanol–water partition coefficient (Wildman–Crippen LogP) is 2.93. The fourth-order valence-corrected chi connectivity index (χ4v) is 2.64. The summed E-state index contributed by atoms with van der Waals surface area (Å²) in [6.45, 7) is 7.99. The van der Waals surface area contributed by atoms with E-state index < -0.39 is 0 Å². The Morgan fingerprint density at radius 1 is 1.41 bits per heavy atom. The van der Waals surface area contributed by atoms with Crippen LogP contribution in [0.3, 0.4) is 0 Å². The molecule has 2 rings (SSSR count). The Hall–Kier alpha value is -2.04. The molecule has 0 radical (unpaired) electrons. The lowest BCUT2D eigenvalue weighted by Gasteiger charge is -2.24. The van der Waals surface area contributed by atoms with Crippen LogP contribution in [0.4, 0.5) is 4.79 Å². The number of oxime groups is 1. The lowest BCUT2D eigenvalue weighted by Crippen LogP contribution is -2.44. The van der Waals surface area contributed by atoms with Crippen molar-refractivity contribution in [3.8, 4) is 0 Å². The minimum atomic E-state index is -0.0660. The van der Waals surface area contributed by atoms with E-state index in [9.17, 15) is 4.79 Å². The summed E-state index contributed by atoms with van der Waals surface area (Å²) < 4.78 is 0. The van der Waals surface area contributed by atoms with Gasteiger partial charge in [0.15, 0.2) is 6.10 Å². The predicted molar refractivity (Wildman–Crippen MR) is 88.1 cm³/mol. The number of carbonyl (C=O) groups is 1. The fourth-order valence-electron chi connectivity index (χ4n) is 2.64.